The van der Waals surface area contributed by atoms with E-state index >= 15 is 0 Å². The summed E-state index contributed by atoms with van der Waals surface area (Å²) in [5.74, 6) is 0.350. The van der Waals surface area contributed by atoms with E-state index in [1.54, 1.807) is 0 Å². The molecule has 0 saturated carbocycles. The fourth-order valence-corrected chi connectivity index (χ4v) is 13.8. The second-order valence-corrected chi connectivity index (χ2v) is 21.1. The molecule has 1 saturated heterocycles. The van der Waals surface area contributed by atoms with E-state index in [9.17, 15) is 13.2 Å². The number of nitrogens with one attached hydrogen (secondary N) is 1. The van der Waals surface area contributed by atoms with Crippen molar-refractivity contribution in [3.05, 3.63) is 87.3 Å². The summed E-state index contributed by atoms with van der Waals surface area (Å²) >= 11 is 3.48. The van der Waals surface area contributed by atoms with Crippen molar-refractivity contribution in [2.75, 3.05) is 58.5 Å². The Balaban J connectivity index is 1.11. The minimum Gasteiger partial charge on any atom is -0.405 e. The van der Waals surface area contributed by atoms with Gasteiger partial charge in [0.2, 0.25) is 0 Å². The highest BCUT2D eigenvalue weighted by Crippen LogP contribution is 2.41. The van der Waals surface area contributed by atoms with Gasteiger partial charge in [-0.3, -0.25) is 0 Å². The van der Waals surface area contributed by atoms with E-state index in [0.717, 1.165) is 36.3 Å². The lowest BCUT2D eigenvalue weighted by Crippen LogP contribution is -2.66. The number of halogens is 4. The van der Waals surface area contributed by atoms with Crippen LogP contribution in [0.15, 0.2) is 78.9 Å². The molecule has 2 unspecified atom stereocenters. The van der Waals surface area contributed by atoms with Gasteiger partial charge in [-0.05, 0) is 87.4 Å². The number of benzene rings is 3. The van der Waals surface area contributed by atoms with Gasteiger partial charge in [-0.15, -0.1) is 11.3 Å². The smallest absolute Gasteiger partial charge is 0.393 e. The minimum atomic E-state index is -4.24. The molecule has 0 spiro atoms. The predicted molar refractivity (Wildman–Crippen MR) is 207 cm³/mol. The Kier molecular flexibility index (Phi) is 13.3. The second kappa shape index (κ2) is 17.0. The van der Waals surface area contributed by atoms with Crippen molar-refractivity contribution in [3.8, 4) is 0 Å². The van der Waals surface area contributed by atoms with E-state index in [1.165, 1.54) is 21.7 Å². The van der Waals surface area contributed by atoms with Crippen molar-refractivity contribution in [1.29, 1.82) is 0 Å². The van der Waals surface area contributed by atoms with E-state index in [4.69, 9.17) is 13.9 Å². The molecule has 1 aliphatic heterocycles. The summed E-state index contributed by atoms with van der Waals surface area (Å²) < 4.78 is 60.4. The lowest BCUT2D eigenvalue weighted by Gasteiger charge is -2.43. The minimum absolute atomic E-state index is 0.0797. The molecule has 3 aromatic carbocycles. The molecule has 1 fully saturated rings. The SMILES string of the molecule is CN1CCC(Nc2cccc3c(CC(F)(F)F)c(I)sc23)C(CCOCCOCCO[Si](c2ccccc2)(c2ccccc2)C(C)(C)C)C1. The molecular formula is C38H48F3IN2O3SSi. The number of fused-ring (bicyclic) bond motifs is 1. The number of hydrogen-bond donors (Lipinski definition) is 1. The highest BCUT2D eigenvalue weighted by Gasteiger charge is 2.50. The number of piperidine rings is 1. The first kappa shape index (κ1) is 38.2. The Labute approximate surface area is 307 Å². The third kappa shape index (κ3) is 9.66. The molecule has 5 rings (SSSR count). The largest absolute Gasteiger partial charge is 0.405 e. The molecule has 49 heavy (non-hydrogen) atoms. The maximum atomic E-state index is 13.3. The summed E-state index contributed by atoms with van der Waals surface area (Å²) in [6.45, 7) is 11.3. The number of rotatable bonds is 15. The van der Waals surface area contributed by atoms with Crippen LogP contribution in [-0.2, 0) is 20.3 Å². The second-order valence-electron chi connectivity index (χ2n) is 13.9. The van der Waals surface area contributed by atoms with Crippen LogP contribution in [0.2, 0.25) is 5.04 Å². The van der Waals surface area contributed by atoms with Crippen LogP contribution in [0.3, 0.4) is 0 Å². The van der Waals surface area contributed by atoms with Crippen molar-refractivity contribution in [2.24, 2.45) is 5.92 Å². The van der Waals surface area contributed by atoms with E-state index < -0.39 is 20.9 Å². The Morgan fingerprint density at radius 1 is 0.857 bits per heavy atom. The van der Waals surface area contributed by atoms with Crippen LogP contribution in [0.5, 0.6) is 0 Å². The van der Waals surface area contributed by atoms with E-state index in [0.29, 0.717) is 52.8 Å². The summed E-state index contributed by atoms with van der Waals surface area (Å²) in [4.78, 5) is 2.34. The van der Waals surface area contributed by atoms with Crippen LogP contribution in [-0.4, -0.2) is 78.6 Å². The van der Waals surface area contributed by atoms with Gasteiger partial charge in [0, 0.05) is 19.2 Å². The van der Waals surface area contributed by atoms with Gasteiger partial charge in [0.25, 0.3) is 8.32 Å². The van der Waals surface area contributed by atoms with Gasteiger partial charge in [-0.25, -0.2) is 0 Å². The third-order valence-corrected chi connectivity index (χ3v) is 16.8. The maximum Gasteiger partial charge on any atom is 0.393 e. The van der Waals surface area contributed by atoms with E-state index in [2.05, 4.69) is 86.6 Å². The summed E-state index contributed by atoms with van der Waals surface area (Å²) in [7, 11) is -0.446. The van der Waals surface area contributed by atoms with E-state index in [1.807, 2.05) is 52.9 Å². The standard InChI is InChI=1S/C38H48F3IN2O3SSi/c1-37(2,3)49(29-12-7-5-8-13-29,30-14-9-6-10-15-30)47-25-24-46-23-22-45-21-19-28-27-44(4)20-18-33(28)43-34-17-11-16-31-32(26-38(39,40)41)36(42)48-35(31)34/h5-17,28,33,43H,18-27H2,1-4H3. The van der Waals surface area contributed by atoms with Gasteiger partial charge in [-0.1, -0.05) is 93.6 Å². The molecule has 1 N–H and O–H groups in total. The zero-order valence-corrected chi connectivity index (χ0v) is 32.8. The summed E-state index contributed by atoms with van der Waals surface area (Å²) in [6, 6.07) is 27.1. The highest BCUT2D eigenvalue weighted by molar-refractivity contribution is 14.1. The number of nitrogens with zero attached hydrogens (tertiary/aromatic N) is 1. The zero-order valence-electron chi connectivity index (χ0n) is 28.8. The molecule has 11 heteroatoms. The highest BCUT2D eigenvalue weighted by atomic mass is 127. The molecule has 2 heterocycles. The molecule has 0 amide bonds. The number of ether oxygens (including phenoxy) is 2. The fourth-order valence-electron chi connectivity index (χ4n) is 7.09. The monoisotopic (exact) mass is 824 g/mol. The van der Waals surface area contributed by atoms with Crippen molar-refractivity contribution in [2.45, 2.75) is 57.3 Å². The summed E-state index contributed by atoms with van der Waals surface area (Å²) in [6.07, 6.45) is -3.29. The number of alkyl halides is 3. The summed E-state index contributed by atoms with van der Waals surface area (Å²) in [5.41, 5.74) is 1.30. The molecule has 0 radical (unpaired) electrons. The van der Waals surface area contributed by atoms with Crippen LogP contribution in [0.25, 0.3) is 10.1 Å². The lowest BCUT2D eigenvalue weighted by atomic mass is 9.89. The molecule has 5 nitrogen and oxygen atoms in total. The Hall–Kier alpha value is -2.00. The number of anilines is 1. The molecule has 0 bridgehead atoms. The topological polar surface area (TPSA) is 43.0 Å². The maximum absolute atomic E-state index is 13.3. The van der Waals surface area contributed by atoms with Crippen molar-refractivity contribution < 1.29 is 27.1 Å². The lowest BCUT2D eigenvalue weighted by molar-refractivity contribution is -0.127. The van der Waals surface area contributed by atoms with Gasteiger partial charge in [0.15, 0.2) is 0 Å². The van der Waals surface area contributed by atoms with Crippen molar-refractivity contribution in [1.82, 2.24) is 4.90 Å². The number of likely N-dealkylation sites (tertiary alicyclic amines) is 1. The molecule has 1 aromatic heterocycles. The van der Waals surface area contributed by atoms with Gasteiger partial charge in [0.1, 0.15) is 0 Å². The van der Waals surface area contributed by atoms with Gasteiger partial charge in [0.05, 0.1) is 46.1 Å². The van der Waals surface area contributed by atoms with Crippen molar-refractivity contribution >= 4 is 68.4 Å². The zero-order chi connectivity index (χ0) is 35.1. The first-order chi connectivity index (χ1) is 23.4. The average Bonchev–Trinajstić information content (AvgIpc) is 3.37. The van der Waals surface area contributed by atoms with E-state index in [-0.39, 0.29) is 11.1 Å². The fraction of sp³-hybridized carbons (Fsp3) is 0.474. The van der Waals surface area contributed by atoms with Gasteiger partial charge >= 0.3 is 6.18 Å². The first-order valence-electron chi connectivity index (χ1n) is 17.0. The molecule has 0 aliphatic carbocycles. The normalized spacial score (nSPS) is 17.9. The Bertz CT molecular complexity index is 1580. The Morgan fingerprint density at radius 3 is 2.08 bits per heavy atom. The number of hydrogen-bond acceptors (Lipinski definition) is 6. The van der Waals surface area contributed by atoms with Gasteiger partial charge in [-0.2, -0.15) is 13.2 Å². The quantitative estimate of drug-likeness (QED) is 0.0743. The molecule has 1 aliphatic rings. The van der Waals surface area contributed by atoms with Crippen LogP contribution >= 0.6 is 33.9 Å². The summed E-state index contributed by atoms with van der Waals surface area (Å²) in [5, 5.41) is 6.86. The van der Waals surface area contributed by atoms with Crippen molar-refractivity contribution in [3.63, 3.8) is 0 Å². The molecular weight excluding hydrogens is 776 g/mol. The number of thiophene rings is 1. The third-order valence-electron chi connectivity index (χ3n) is 9.39. The molecule has 4 aromatic rings. The molecule has 2 atom stereocenters. The average molecular weight is 825 g/mol. The van der Waals surface area contributed by atoms with Crippen LogP contribution in [0.1, 0.15) is 39.2 Å². The van der Waals surface area contributed by atoms with Crippen LogP contribution < -0.4 is 15.7 Å². The Morgan fingerprint density at radius 2 is 1.47 bits per heavy atom. The van der Waals surface area contributed by atoms with Crippen LogP contribution in [0, 0.1) is 8.80 Å². The van der Waals surface area contributed by atoms with Gasteiger partial charge < -0.3 is 24.1 Å². The predicted octanol–water partition coefficient (Wildman–Crippen LogP) is 8.34. The first-order valence-corrected chi connectivity index (χ1v) is 20.8. The molecule has 266 valence electrons. The van der Waals surface area contributed by atoms with Crippen LogP contribution in [0.4, 0.5) is 18.9 Å².